The number of likely N-dealkylation sites (N-methyl/N-ethyl adjacent to an activating group) is 1. The highest BCUT2D eigenvalue weighted by Crippen LogP contribution is 2.39. The summed E-state index contributed by atoms with van der Waals surface area (Å²) in [5.74, 6) is -1.37. The van der Waals surface area contributed by atoms with E-state index in [2.05, 4.69) is 0 Å². The molecule has 0 aliphatic heterocycles. The van der Waals surface area contributed by atoms with Crippen LogP contribution in [0.4, 0.5) is 0 Å². The van der Waals surface area contributed by atoms with Crippen LogP contribution in [-0.2, 0) is 28.6 Å². The molecule has 1 unspecified atom stereocenters. The minimum Gasteiger partial charge on any atom is -0.466 e. The van der Waals surface area contributed by atoms with Crippen molar-refractivity contribution < 1.29 is 33.7 Å². The fourth-order valence-electron chi connectivity index (χ4n) is 2.74. The van der Waals surface area contributed by atoms with Gasteiger partial charge >= 0.3 is 17.9 Å². The largest absolute Gasteiger partial charge is 0.466 e. The number of hydrogen-bond donors (Lipinski definition) is 1. The molecule has 1 atom stereocenters. The molecule has 1 N–H and O–H groups in total. The summed E-state index contributed by atoms with van der Waals surface area (Å²) in [6, 6.07) is 0. The molecule has 0 fully saturated rings. The third-order valence-corrected chi connectivity index (χ3v) is 4.16. The molecule has 0 amide bonds. The van der Waals surface area contributed by atoms with Crippen LogP contribution in [0.5, 0.6) is 0 Å². The highest BCUT2D eigenvalue weighted by molar-refractivity contribution is 5.81. The number of rotatable bonds is 13. The lowest BCUT2D eigenvalue weighted by atomic mass is 9.71. The molecule has 0 radical (unpaired) electrons. The van der Waals surface area contributed by atoms with E-state index in [0.29, 0.717) is 6.54 Å². The maximum Gasteiger partial charge on any atom is 0.311 e. The SMILES string of the molecule is C.C.C.C.CCOC(=O)C(C)(C)CC(C)(CCC(=O)OCCO)C(=O)OCCN(C)C. The predicted octanol–water partition coefficient (Wildman–Crippen LogP) is 3.94. The number of nitrogens with zero attached hydrogens (tertiary/aromatic N) is 1. The third-order valence-electron chi connectivity index (χ3n) is 4.16. The quantitative estimate of drug-likeness (QED) is 0.330. The number of ether oxygens (including phenoxy) is 3. The minimum atomic E-state index is -1.05. The first kappa shape index (κ1) is 39.8. The van der Waals surface area contributed by atoms with Gasteiger partial charge in [0.05, 0.1) is 24.0 Å². The summed E-state index contributed by atoms with van der Waals surface area (Å²) < 4.78 is 15.4. The van der Waals surface area contributed by atoms with Gasteiger partial charge < -0.3 is 24.2 Å². The Morgan fingerprint density at radius 2 is 1.42 bits per heavy atom. The first-order chi connectivity index (χ1) is 12.5. The summed E-state index contributed by atoms with van der Waals surface area (Å²) >= 11 is 0. The Morgan fingerprint density at radius 1 is 0.871 bits per heavy atom. The van der Waals surface area contributed by atoms with Crippen LogP contribution in [0.3, 0.4) is 0 Å². The Morgan fingerprint density at radius 3 is 1.87 bits per heavy atom. The minimum absolute atomic E-state index is 0. The number of esters is 3. The molecule has 31 heavy (non-hydrogen) atoms. The van der Waals surface area contributed by atoms with E-state index in [1.54, 1.807) is 27.7 Å². The Balaban J connectivity index is -0.000000563. The zero-order valence-electron chi connectivity index (χ0n) is 17.5. The predicted molar refractivity (Wildman–Crippen MR) is 127 cm³/mol. The lowest BCUT2D eigenvalue weighted by Crippen LogP contribution is -2.40. The molecule has 0 aliphatic rings. The number of aliphatic hydroxyl groups excluding tert-OH is 1. The lowest BCUT2D eigenvalue weighted by molar-refractivity contribution is -0.163. The standard InChI is InChI=1S/C19H35NO7.4CH4/c1-7-25-16(23)18(2,3)14-19(4,9-8-15(22)26-13-11-21)17(24)27-12-10-20(5)6;;;;/h21H,7-14H2,1-6H3;4*1H4. The molecule has 0 bridgehead atoms. The summed E-state index contributed by atoms with van der Waals surface area (Å²) in [6.07, 6.45) is 0.325. The van der Waals surface area contributed by atoms with E-state index in [1.165, 1.54) is 0 Å². The molecule has 0 aromatic carbocycles. The molecular formula is C23H51NO7. The summed E-state index contributed by atoms with van der Waals surface area (Å²) in [6.45, 7) is 7.52. The second-order valence-electron chi connectivity index (χ2n) is 7.73. The van der Waals surface area contributed by atoms with Gasteiger partial charge in [0, 0.05) is 13.0 Å². The topological polar surface area (TPSA) is 102 Å². The summed E-state index contributed by atoms with van der Waals surface area (Å²) in [5.41, 5.74) is -1.97. The van der Waals surface area contributed by atoms with Gasteiger partial charge in [-0.1, -0.05) is 29.7 Å². The van der Waals surface area contributed by atoms with Gasteiger partial charge in [0.15, 0.2) is 0 Å². The van der Waals surface area contributed by atoms with Crippen LogP contribution in [0.1, 0.15) is 76.7 Å². The normalized spacial score (nSPS) is 12.0. The Hall–Kier alpha value is -1.67. The van der Waals surface area contributed by atoms with Crippen LogP contribution in [-0.4, -0.2) is 75.0 Å². The van der Waals surface area contributed by atoms with Crippen molar-refractivity contribution in [3.63, 3.8) is 0 Å². The first-order valence-electron chi connectivity index (χ1n) is 9.24. The smallest absolute Gasteiger partial charge is 0.311 e. The fourth-order valence-corrected chi connectivity index (χ4v) is 2.74. The van der Waals surface area contributed by atoms with Crippen LogP contribution in [0.2, 0.25) is 0 Å². The monoisotopic (exact) mass is 453 g/mol. The van der Waals surface area contributed by atoms with Crippen LogP contribution >= 0.6 is 0 Å². The van der Waals surface area contributed by atoms with Crippen LogP contribution in [0, 0.1) is 10.8 Å². The van der Waals surface area contributed by atoms with Gasteiger partial charge in [-0.2, -0.15) is 0 Å². The molecule has 0 saturated heterocycles. The van der Waals surface area contributed by atoms with Crippen molar-refractivity contribution in [2.24, 2.45) is 10.8 Å². The summed E-state index contributed by atoms with van der Waals surface area (Å²) in [7, 11) is 3.74. The van der Waals surface area contributed by atoms with E-state index in [4.69, 9.17) is 19.3 Å². The van der Waals surface area contributed by atoms with E-state index in [0.717, 1.165) is 0 Å². The first-order valence-corrected chi connectivity index (χ1v) is 9.24. The van der Waals surface area contributed by atoms with Gasteiger partial charge in [-0.15, -0.1) is 0 Å². The molecule has 0 aromatic heterocycles. The van der Waals surface area contributed by atoms with Gasteiger partial charge in [-0.05, 0) is 54.6 Å². The van der Waals surface area contributed by atoms with Crippen molar-refractivity contribution in [3.05, 3.63) is 0 Å². The zero-order chi connectivity index (χ0) is 21.1. The number of aliphatic hydroxyl groups is 1. The van der Waals surface area contributed by atoms with Crippen molar-refractivity contribution in [2.75, 3.05) is 47.1 Å². The van der Waals surface area contributed by atoms with Gasteiger partial charge in [0.2, 0.25) is 0 Å². The summed E-state index contributed by atoms with van der Waals surface area (Å²) in [4.78, 5) is 38.7. The molecule has 8 heteroatoms. The molecule has 0 heterocycles. The number of hydrogen-bond acceptors (Lipinski definition) is 8. The maximum absolute atomic E-state index is 12.7. The highest BCUT2D eigenvalue weighted by Gasteiger charge is 2.44. The molecule has 190 valence electrons. The van der Waals surface area contributed by atoms with Crippen molar-refractivity contribution in [1.29, 1.82) is 0 Å². The zero-order valence-corrected chi connectivity index (χ0v) is 17.5. The summed E-state index contributed by atoms with van der Waals surface area (Å²) in [5, 5.41) is 8.73. The molecule has 0 aromatic rings. The van der Waals surface area contributed by atoms with E-state index in [9.17, 15) is 14.4 Å². The lowest BCUT2D eigenvalue weighted by Gasteiger charge is -2.34. The van der Waals surface area contributed by atoms with Gasteiger partial charge in [-0.3, -0.25) is 14.4 Å². The fraction of sp³-hybridized carbons (Fsp3) is 0.870. The Labute approximate surface area is 191 Å². The van der Waals surface area contributed by atoms with Crippen LogP contribution in [0.25, 0.3) is 0 Å². The van der Waals surface area contributed by atoms with E-state index in [1.807, 2.05) is 19.0 Å². The second-order valence-corrected chi connectivity index (χ2v) is 7.73. The maximum atomic E-state index is 12.7. The molecule has 8 nitrogen and oxygen atoms in total. The average Bonchev–Trinajstić information content (AvgIpc) is 2.57. The number of carbonyl (C=O) groups is 3. The van der Waals surface area contributed by atoms with Gasteiger partial charge in [-0.25, -0.2) is 0 Å². The van der Waals surface area contributed by atoms with Crippen LogP contribution < -0.4 is 0 Å². The van der Waals surface area contributed by atoms with Gasteiger partial charge in [0.1, 0.15) is 13.2 Å². The van der Waals surface area contributed by atoms with Gasteiger partial charge in [0.25, 0.3) is 0 Å². The molecule has 0 saturated carbocycles. The van der Waals surface area contributed by atoms with Crippen molar-refractivity contribution in [1.82, 2.24) is 4.90 Å². The van der Waals surface area contributed by atoms with Crippen molar-refractivity contribution in [2.45, 2.75) is 76.7 Å². The molecule has 0 spiro atoms. The van der Waals surface area contributed by atoms with E-state index < -0.39 is 28.7 Å². The highest BCUT2D eigenvalue weighted by atomic mass is 16.5. The average molecular weight is 454 g/mol. The van der Waals surface area contributed by atoms with E-state index >= 15 is 0 Å². The Kier molecular flexibility index (Phi) is 24.4. The molecule has 0 aliphatic carbocycles. The third kappa shape index (κ3) is 15.7. The Bertz CT molecular complexity index is 492. The molecular weight excluding hydrogens is 402 g/mol. The van der Waals surface area contributed by atoms with Crippen molar-refractivity contribution in [3.8, 4) is 0 Å². The van der Waals surface area contributed by atoms with E-state index in [-0.39, 0.29) is 75.4 Å². The number of carbonyl (C=O) groups excluding carboxylic acids is 3. The van der Waals surface area contributed by atoms with Crippen LogP contribution in [0.15, 0.2) is 0 Å². The molecule has 0 rings (SSSR count). The second kappa shape index (κ2) is 19.0. The van der Waals surface area contributed by atoms with Crippen molar-refractivity contribution >= 4 is 17.9 Å².